The number of hydrogen-bond donors (Lipinski definition) is 1. The third-order valence-corrected chi connectivity index (χ3v) is 9.00. The molecule has 0 amide bonds. The average molecular weight is 375 g/mol. The Morgan fingerprint density at radius 3 is 2.56 bits per heavy atom. The minimum atomic E-state index is -1.11. The van der Waals surface area contributed by atoms with Gasteiger partial charge in [0.1, 0.15) is 12.5 Å². The van der Waals surface area contributed by atoms with E-state index in [4.69, 9.17) is 9.84 Å². The van der Waals surface area contributed by atoms with E-state index in [2.05, 4.69) is 27.4 Å². The van der Waals surface area contributed by atoms with E-state index in [1.165, 1.54) is 37.7 Å². The third-order valence-electron chi connectivity index (χ3n) is 9.00. The highest BCUT2D eigenvalue weighted by molar-refractivity contribution is 5.90. The highest BCUT2D eigenvalue weighted by Gasteiger charge is 2.67. The zero-order chi connectivity index (χ0) is 19.6. The molecule has 27 heavy (non-hydrogen) atoms. The first-order valence-electron chi connectivity index (χ1n) is 10.7. The molecule has 1 N–H and O–H groups in total. The van der Waals surface area contributed by atoms with Crippen molar-refractivity contribution in [2.75, 3.05) is 0 Å². The van der Waals surface area contributed by atoms with Crippen LogP contribution in [0.3, 0.4) is 0 Å². The first kappa shape index (κ1) is 19.0. The van der Waals surface area contributed by atoms with E-state index in [0.717, 1.165) is 25.2 Å². The smallest absolute Gasteiger partial charge is 0.317 e. The Labute approximate surface area is 162 Å². The molecular weight excluding hydrogens is 340 g/mol. The van der Waals surface area contributed by atoms with Crippen molar-refractivity contribution >= 4 is 11.9 Å². The molecule has 1 spiro atoms. The van der Waals surface area contributed by atoms with E-state index in [9.17, 15) is 9.59 Å². The number of ether oxygens (including phenoxy) is 1. The Balaban J connectivity index is 1.69. The minimum absolute atomic E-state index is 0.0210. The van der Waals surface area contributed by atoms with Crippen LogP contribution < -0.4 is 0 Å². The fraction of sp³-hybridized carbons (Fsp3) is 0.826. The number of carbonyl (C=O) groups is 2. The van der Waals surface area contributed by atoms with Gasteiger partial charge >= 0.3 is 11.9 Å². The molecule has 6 unspecified atom stereocenters. The number of rotatable bonds is 3. The fourth-order valence-corrected chi connectivity index (χ4v) is 8.19. The largest absolute Gasteiger partial charge is 0.481 e. The maximum Gasteiger partial charge on any atom is 0.317 e. The van der Waals surface area contributed by atoms with Crippen molar-refractivity contribution in [2.24, 2.45) is 34.0 Å². The van der Waals surface area contributed by atoms with Crippen LogP contribution in [0, 0.1) is 34.0 Å². The molecule has 0 aromatic heterocycles. The summed E-state index contributed by atoms with van der Waals surface area (Å²) >= 11 is 0. The maximum atomic E-state index is 12.3. The normalized spacial score (nSPS) is 44.9. The summed E-state index contributed by atoms with van der Waals surface area (Å²) in [6.07, 6.45) is 8.59. The lowest BCUT2D eigenvalue weighted by Gasteiger charge is -2.64. The lowest BCUT2D eigenvalue weighted by Crippen LogP contribution is -2.60. The van der Waals surface area contributed by atoms with Gasteiger partial charge in [-0.25, -0.2) is 0 Å². The second-order valence-electron chi connectivity index (χ2n) is 10.7. The Morgan fingerprint density at radius 2 is 1.85 bits per heavy atom. The lowest BCUT2D eigenvalue weighted by atomic mass is 9.41. The number of fused-ring (bicyclic) bond motifs is 3. The van der Waals surface area contributed by atoms with Crippen molar-refractivity contribution in [3.05, 3.63) is 12.2 Å². The number of aliphatic carboxylic acids is 1. The fourth-order valence-electron chi connectivity index (χ4n) is 8.19. The van der Waals surface area contributed by atoms with Crippen LogP contribution in [0.2, 0.25) is 0 Å². The van der Waals surface area contributed by atoms with Crippen LogP contribution >= 0.6 is 0 Å². The predicted octanol–water partition coefficient (Wildman–Crippen LogP) is 4.97. The molecule has 0 saturated heterocycles. The highest BCUT2D eigenvalue weighted by atomic mass is 16.5. The summed E-state index contributed by atoms with van der Waals surface area (Å²) in [7, 11) is 0. The topological polar surface area (TPSA) is 63.6 Å². The Kier molecular flexibility index (Phi) is 4.29. The Bertz CT molecular complexity index is 680. The van der Waals surface area contributed by atoms with Crippen LogP contribution in [0.4, 0.5) is 0 Å². The lowest BCUT2D eigenvalue weighted by molar-refractivity contribution is -0.201. The number of esters is 1. The molecule has 4 aliphatic carbocycles. The van der Waals surface area contributed by atoms with Crippen molar-refractivity contribution in [1.29, 1.82) is 0 Å². The van der Waals surface area contributed by atoms with E-state index in [0.29, 0.717) is 11.3 Å². The minimum Gasteiger partial charge on any atom is -0.481 e. The van der Waals surface area contributed by atoms with E-state index >= 15 is 0 Å². The van der Waals surface area contributed by atoms with Gasteiger partial charge in [-0.3, -0.25) is 9.59 Å². The first-order valence-corrected chi connectivity index (χ1v) is 10.7. The quantitative estimate of drug-likeness (QED) is 0.430. The van der Waals surface area contributed by atoms with E-state index in [1.807, 2.05) is 0 Å². The molecule has 4 nitrogen and oxygen atoms in total. The molecule has 0 aromatic carbocycles. The van der Waals surface area contributed by atoms with Gasteiger partial charge in [0.25, 0.3) is 0 Å². The Hall–Kier alpha value is -1.32. The summed E-state index contributed by atoms with van der Waals surface area (Å²) in [4.78, 5) is 23.2. The van der Waals surface area contributed by atoms with Crippen LogP contribution in [0.1, 0.15) is 78.6 Å². The summed E-state index contributed by atoms with van der Waals surface area (Å²) in [6.45, 7) is 11.7. The van der Waals surface area contributed by atoms with Crippen molar-refractivity contribution in [3.8, 4) is 0 Å². The van der Waals surface area contributed by atoms with Gasteiger partial charge in [-0.15, -0.1) is 0 Å². The van der Waals surface area contributed by atoms with Gasteiger partial charge in [0.05, 0.1) is 0 Å². The zero-order valence-electron chi connectivity index (χ0n) is 17.1. The summed E-state index contributed by atoms with van der Waals surface area (Å²) in [5.74, 6) is -0.212. The molecule has 2 bridgehead atoms. The maximum absolute atomic E-state index is 12.3. The molecule has 0 aliphatic heterocycles. The van der Waals surface area contributed by atoms with Gasteiger partial charge in [0.2, 0.25) is 0 Å². The van der Waals surface area contributed by atoms with E-state index in [-0.39, 0.29) is 22.9 Å². The zero-order valence-corrected chi connectivity index (χ0v) is 17.1. The first-order chi connectivity index (χ1) is 12.6. The van der Waals surface area contributed by atoms with Gasteiger partial charge < -0.3 is 9.84 Å². The summed E-state index contributed by atoms with van der Waals surface area (Å²) in [5.41, 5.74) is 1.86. The van der Waals surface area contributed by atoms with Crippen molar-refractivity contribution in [2.45, 2.75) is 84.7 Å². The highest BCUT2D eigenvalue weighted by Crippen LogP contribution is 2.72. The monoisotopic (exact) mass is 374 g/mol. The van der Waals surface area contributed by atoms with E-state index in [1.54, 1.807) is 0 Å². The number of hydrogen-bond acceptors (Lipinski definition) is 3. The molecule has 150 valence electrons. The van der Waals surface area contributed by atoms with Crippen molar-refractivity contribution in [1.82, 2.24) is 0 Å². The summed E-state index contributed by atoms with van der Waals surface area (Å²) < 4.78 is 5.92. The van der Waals surface area contributed by atoms with Crippen molar-refractivity contribution in [3.63, 3.8) is 0 Å². The Morgan fingerprint density at radius 1 is 1.11 bits per heavy atom. The molecule has 4 rings (SSSR count). The van der Waals surface area contributed by atoms with Crippen LogP contribution in [0.5, 0.6) is 0 Å². The van der Waals surface area contributed by atoms with Gasteiger partial charge in [0.15, 0.2) is 0 Å². The molecule has 4 saturated carbocycles. The predicted molar refractivity (Wildman–Crippen MR) is 103 cm³/mol. The molecular formula is C23H34O4. The molecule has 4 aliphatic rings. The molecule has 0 radical (unpaired) electrons. The molecule has 4 heteroatoms. The van der Waals surface area contributed by atoms with Gasteiger partial charge in [-0.2, -0.15) is 0 Å². The second-order valence-corrected chi connectivity index (χ2v) is 10.7. The van der Waals surface area contributed by atoms with Crippen LogP contribution in [-0.2, 0) is 14.3 Å². The molecule has 0 heterocycles. The van der Waals surface area contributed by atoms with Crippen LogP contribution in [-0.4, -0.2) is 23.1 Å². The van der Waals surface area contributed by atoms with E-state index < -0.39 is 18.4 Å². The van der Waals surface area contributed by atoms with Crippen LogP contribution in [0.25, 0.3) is 0 Å². The summed E-state index contributed by atoms with van der Waals surface area (Å²) in [6, 6.07) is 0. The number of carboxylic acid groups (broad SMARTS) is 1. The van der Waals surface area contributed by atoms with Gasteiger partial charge in [0, 0.05) is 11.3 Å². The number of carboxylic acids is 1. The average Bonchev–Trinajstić information content (AvgIpc) is 2.69. The van der Waals surface area contributed by atoms with Gasteiger partial charge in [-0.05, 0) is 67.6 Å². The van der Waals surface area contributed by atoms with Crippen LogP contribution in [0.15, 0.2) is 12.2 Å². The standard InChI is InChI=1S/C23H34O4/c1-14-13-23-11-8-16-21(2,3)9-5-10-22(16,4)17(23)7-6-15(14)20(23)27-19(26)12-18(24)25/h15-17,20H,1,5-13H2,2-4H3,(H,24,25). The van der Waals surface area contributed by atoms with Gasteiger partial charge in [-0.1, -0.05) is 39.3 Å². The summed E-state index contributed by atoms with van der Waals surface area (Å²) in [5, 5.41) is 8.98. The van der Waals surface area contributed by atoms with Crippen molar-refractivity contribution < 1.29 is 19.4 Å². The SMILES string of the molecule is C=C1CC23CCC4C(C)(C)CCCC4(C)C2CCC1C3OC(=O)CC(=O)O. The molecule has 4 fully saturated rings. The molecule has 0 aromatic rings. The number of carbonyl (C=O) groups excluding carboxylic acids is 1. The second kappa shape index (κ2) is 6.09. The third kappa shape index (κ3) is 2.69. The molecule has 6 atom stereocenters.